The molecular weight excluding hydrogens is 361 g/mol. The van der Waals surface area contributed by atoms with Crippen molar-refractivity contribution < 1.29 is 19.4 Å². The number of amides is 1. The Hall–Kier alpha value is -1.15. The van der Waals surface area contributed by atoms with Gasteiger partial charge in [-0.25, -0.2) is 4.79 Å². The molecule has 19 heavy (non-hydrogen) atoms. The van der Waals surface area contributed by atoms with Gasteiger partial charge in [-0.1, -0.05) is 12.1 Å². The first kappa shape index (κ1) is 15.9. The lowest BCUT2D eigenvalue weighted by molar-refractivity contribution is -0.142. The third kappa shape index (κ3) is 6.02. The number of benzene rings is 1. The lowest BCUT2D eigenvalue weighted by Crippen LogP contribution is -2.43. The highest BCUT2D eigenvalue weighted by Gasteiger charge is 2.20. The number of halogens is 1. The summed E-state index contributed by atoms with van der Waals surface area (Å²) in [5.74, 6) is -1.47. The van der Waals surface area contributed by atoms with Crippen LogP contribution in [-0.2, 0) is 20.7 Å². The Morgan fingerprint density at radius 3 is 2.79 bits per heavy atom. The van der Waals surface area contributed by atoms with Crippen LogP contribution in [0, 0.1) is 3.57 Å². The predicted molar refractivity (Wildman–Crippen MR) is 78.9 cm³/mol. The van der Waals surface area contributed by atoms with Crippen LogP contribution in [-0.4, -0.2) is 36.2 Å². The van der Waals surface area contributed by atoms with Crippen molar-refractivity contribution in [3.63, 3.8) is 0 Å². The quantitative estimate of drug-likeness (QED) is 0.706. The molecule has 0 unspecified atom stereocenters. The van der Waals surface area contributed by atoms with Crippen molar-refractivity contribution in [3.8, 4) is 0 Å². The third-order valence-corrected chi connectivity index (χ3v) is 3.07. The van der Waals surface area contributed by atoms with E-state index in [1.165, 1.54) is 0 Å². The van der Waals surface area contributed by atoms with Gasteiger partial charge in [0.05, 0.1) is 0 Å². The Bertz CT molecular complexity index is 450. The highest BCUT2D eigenvalue weighted by atomic mass is 127. The molecule has 1 aromatic carbocycles. The van der Waals surface area contributed by atoms with Gasteiger partial charge < -0.3 is 15.2 Å². The summed E-state index contributed by atoms with van der Waals surface area (Å²) in [6.07, 6.45) is 0.254. The summed E-state index contributed by atoms with van der Waals surface area (Å²) in [6, 6.07) is 6.58. The molecule has 0 saturated heterocycles. The Balaban J connectivity index is 2.63. The molecule has 0 heterocycles. The van der Waals surface area contributed by atoms with Gasteiger partial charge in [-0.2, -0.15) is 0 Å². The van der Waals surface area contributed by atoms with Gasteiger partial charge in [0.25, 0.3) is 0 Å². The number of hydrogen-bond acceptors (Lipinski definition) is 3. The van der Waals surface area contributed by atoms with E-state index in [0.29, 0.717) is 6.61 Å². The second-order valence-electron chi connectivity index (χ2n) is 3.93. The predicted octanol–water partition coefficient (Wildman–Crippen LogP) is 1.44. The minimum Gasteiger partial charge on any atom is -0.480 e. The van der Waals surface area contributed by atoms with Crippen LogP contribution in [0.3, 0.4) is 0 Å². The highest BCUT2D eigenvalue weighted by Crippen LogP contribution is 2.10. The van der Waals surface area contributed by atoms with Crippen LogP contribution in [0.4, 0.5) is 0 Å². The molecule has 1 aromatic rings. The van der Waals surface area contributed by atoms with Crippen molar-refractivity contribution in [2.24, 2.45) is 0 Å². The van der Waals surface area contributed by atoms with E-state index in [1.807, 2.05) is 24.3 Å². The van der Waals surface area contributed by atoms with E-state index in [-0.39, 0.29) is 13.0 Å². The molecule has 0 spiro atoms. The summed E-state index contributed by atoms with van der Waals surface area (Å²) < 4.78 is 5.97. The van der Waals surface area contributed by atoms with Crippen molar-refractivity contribution in [1.82, 2.24) is 5.32 Å². The van der Waals surface area contributed by atoms with Crippen LogP contribution in [0.25, 0.3) is 0 Å². The standard InChI is InChI=1S/C13H16INO4/c1-2-19-8-12(16)15-11(13(17)18)7-9-4-3-5-10(14)6-9/h3-6,11H,2,7-8H2,1H3,(H,15,16)(H,17,18)/t11-/m1/s1. The molecule has 0 aliphatic rings. The van der Waals surface area contributed by atoms with Crippen molar-refractivity contribution in [2.75, 3.05) is 13.2 Å². The topological polar surface area (TPSA) is 75.6 Å². The number of carboxylic acids is 1. The fourth-order valence-corrected chi connectivity index (χ4v) is 2.14. The van der Waals surface area contributed by atoms with Crippen LogP contribution in [0.5, 0.6) is 0 Å². The molecular formula is C13H16INO4. The maximum atomic E-state index is 11.5. The maximum Gasteiger partial charge on any atom is 0.326 e. The van der Waals surface area contributed by atoms with Gasteiger partial charge in [0.15, 0.2) is 0 Å². The van der Waals surface area contributed by atoms with Gasteiger partial charge in [0, 0.05) is 16.6 Å². The van der Waals surface area contributed by atoms with Crippen LogP contribution in [0.1, 0.15) is 12.5 Å². The van der Waals surface area contributed by atoms with Crippen LogP contribution >= 0.6 is 22.6 Å². The first-order valence-electron chi connectivity index (χ1n) is 5.87. The van der Waals surface area contributed by atoms with Crippen molar-refractivity contribution in [2.45, 2.75) is 19.4 Å². The zero-order chi connectivity index (χ0) is 14.3. The Labute approximate surface area is 125 Å². The second kappa shape index (κ2) is 8.11. The van der Waals surface area contributed by atoms with E-state index in [2.05, 4.69) is 27.9 Å². The molecule has 0 aromatic heterocycles. The SMILES string of the molecule is CCOCC(=O)N[C@H](Cc1cccc(I)c1)C(=O)O. The summed E-state index contributed by atoms with van der Waals surface area (Å²) in [6.45, 7) is 2.07. The number of rotatable bonds is 7. The van der Waals surface area contributed by atoms with E-state index in [1.54, 1.807) is 6.92 Å². The molecule has 104 valence electrons. The van der Waals surface area contributed by atoms with Crippen molar-refractivity contribution >= 4 is 34.5 Å². The third-order valence-electron chi connectivity index (χ3n) is 2.40. The Morgan fingerprint density at radius 2 is 2.21 bits per heavy atom. The zero-order valence-electron chi connectivity index (χ0n) is 10.6. The summed E-state index contributed by atoms with van der Waals surface area (Å²) in [4.78, 5) is 22.6. The first-order chi connectivity index (χ1) is 9.02. The number of ether oxygens (including phenoxy) is 1. The first-order valence-corrected chi connectivity index (χ1v) is 6.95. The summed E-state index contributed by atoms with van der Waals surface area (Å²) >= 11 is 2.16. The molecule has 1 rings (SSSR count). The molecule has 0 aliphatic heterocycles. The van der Waals surface area contributed by atoms with Gasteiger partial charge in [-0.15, -0.1) is 0 Å². The largest absolute Gasteiger partial charge is 0.480 e. The van der Waals surface area contributed by atoms with Gasteiger partial charge in [-0.3, -0.25) is 4.79 Å². The number of carbonyl (C=O) groups is 2. The summed E-state index contributed by atoms with van der Waals surface area (Å²) in [5.41, 5.74) is 0.871. The second-order valence-corrected chi connectivity index (χ2v) is 5.18. The minimum atomic E-state index is -1.05. The molecule has 0 fully saturated rings. The fourth-order valence-electron chi connectivity index (χ4n) is 1.53. The van der Waals surface area contributed by atoms with E-state index in [4.69, 9.17) is 9.84 Å². The molecule has 0 aliphatic carbocycles. The lowest BCUT2D eigenvalue weighted by atomic mass is 10.1. The molecule has 1 amide bonds. The van der Waals surface area contributed by atoms with E-state index >= 15 is 0 Å². The maximum absolute atomic E-state index is 11.5. The fraction of sp³-hybridized carbons (Fsp3) is 0.385. The monoisotopic (exact) mass is 377 g/mol. The van der Waals surface area contributed by atoms with Crippen molar-refractivity contribution in [1.29, 1.82) is 0 Å². The Kier molecular flexibility index (Phi) is 6.79. The summed E-state index contributed by atoms with van der Waals surface area (Å²) in [5, 5.41) is 11.6. The average molecular weight is 377 g/mol. The highest BCUT2D eigenvalue weighted by molar-refractivity contribution is 14.1. The molecule has 0 saturated carbocycles. The summed E-state index contributed by atoms with van der Waals surface area (Å²) in [7, 11) is 0. The van der Waals surface area contributed by atoms with Crippen LogP contribution in [0.2, 0.25) is 0 Å². The Morgan fingerprint density at radius 1 is 1.47 bits per heavy atom. The van der Waals surface area contributed by atoms with Gasteiger partial charge in [0.1, 0.15) is 12.6 Å². The van der Waals surface area contributed by atoms with Crippen LogP contribution < -0.4 is 5.32 Å². The number of carboxylic acid groups (broad SMARTS) is 1. The number of nitrogens with one attached hydrogen (secondary N) is 1. The lowest BCUT2D eigenvalue weighted by Gasteiger charge is -2.14. The molecule has 2 N–H and O–H groups in total. The molecule has 6 heteroatoms. The smallest absolute Gasteiger partial charge is 0.326 e. The number of carbonyl (C=O) groups excluding carboxylic acids is 1. The van der Waals surface area contributed by atoms with E-state index in [0.717, 1.165) is 9.13 Å². The molecule has 1 atom stereocenters. The molecule has 5 nitrogen and oxygen atoms in total. The van der Waals surface area contributed by atoms with Crippen LogP contribution in [0.15, 0.2) is 24.3 Å². The molecule has 0 bridgehead atoms. The van der Waals surface area contributed by atoms with E-state index in [9.17, 15) is 9.59 Å². The number of aliphatic carboxylic acids is 1. The van der Waals surface area contributed by atoms with Gasteiger partial charge in [0.2, 0.25) is 5.91 Å². The van der Waals surface area contributed by atoms with Gasteiger partial charge in [-0.05, 0) is 47.2 Å². The van der Waals surface area contributed by atoms with E-state index < -0.39 is 17.9 Å². The normalized spacial score (nSPS) is 11.9. The zero-order valence-corrected chi connectivity index (χ0v) is 12.7. The minimum absolute atomic E-state index is 0.118. The molecule has 0 radical (unpaired) electrons. The van der Waals surface area contributed by atoms with Gasteiger partial charge >= 0.3 is 5.97 Å². The number of hydrogen-bond donors (Lipinski definition) is 2. The average Bonchev–Trinajstić information content (AvgIpc) is 2.35. The van der Waals surface area contributed by atoms with Crippen molar-refractivity contribution in [3.05, 3.63) is 33.4 Å².